The minimum Gasteiger partial charge on any atom is -0.369 e. The highest BCUT2D eigenvalue weighted by Crippen LogP contribution is 2.38. The summed E-state index contributed by atoms with van der Waals surface area (Å²) in [6.07, 6.45) is 3.54. The van der Waals surface area contributed by atoms with E-state index in [0.717, 1.165) is 24.1 Å². The summed E-state index contributed by atoms with van der Waals surface area (Å²) in [5, 5.41) is 3.04. The van der Waals surface area contributed by atoms with E-state index in [4.69, 9.17) is 5.73 Å². The first-order valence-corrected chi connectivity index (χ1v) is 8.55. The quantitative estimate of drug-likeness (QED) is 0.874. The molecule has 1 fully saturated rings. The number of nitrogens with one attached hydrogen (secondary N) is 1. The largest absolute Gasteiger partial charge is 0.369 e. The lowest BCUT2D eigenvalue weighted by Gasteiger charge is -2.36. The Morgan fingerprint density at radius 1 is 1.22 bits per heavy atom. The molecule has 1 aliphatic carbocycles. The Bertz CT molecular complexity index is 551. The van der Waals surface area contributed by atoms with Crippen LogP contribution in [0.5, 0.6) is 0 Å². The summed E-state index contributed by atoms with van der Waals surface area (Å²) in [6, 6.07) is 7.35. The van der Waals surface area contributed by atoms with Crippen LogP contribution in [0.2, 0.25) is 0 Å². The average Bonchev–Trinajstić information content (AvgIpc) is 2.48. The van der Waals surface area contributed by atoms with Gasteiger partial charge in [0.15, 0.2) is 0 Å². The van der Waals surface area contributed by atoms with E-state index in [2.05, 4.69) is 26.1 Å². The summed E-state index contributed by atoms with van der Waals surface area (Å²) in [4.78, 5) is 23.6. The molecule has 0 spiro atoms. The van der Waals surface area contributed by atoms with Gasteiger partial charge in [-0.05, 0) is 48.3 Å². The van der Waals surface area contributed by atoms with Gasteiger partial charge >= 0.3 is 0 Å². The lowest BCUT2D eigenvalue weighted by atomic mass is 9.70. The molecule has 0 unspecified atom stereocenters. The van der Waals surface area contributed by atoms with Crippen LogP contribution < -0.4 is 11.1 Å². The summed E-state index contributed by atoms with van der Waals surface area (Å²) in [5.41, 5.74) is 6.83. The molecule has 1 aromatic rings. The number of amides is 2. The van der Waals surface area contributed by atoms with Crippen molar-refractivity contribution in [2.45, 2.75) is 46.5 Å². The number of carbonyl (C=O) groups is 2. The van der Waals surface area contributed by atoms with Crippen molar-refractivity contribution in [2.75, 3.05) is 5.32 Å². The summed E-state index contributed by atoms with van der Waals surface area (Å²) in [5.74, 6) is 1.45. The zero-order chi connectivity index (χ0) is 17.0. The monoisotopic (exact) mass is 316 g/mol. The van der Waals surface area contributed by atoms with Gasteiger partial charge in [-0.15, -0.1) is 0 Å². The Kier molecular flexibility index (Phi) is 5.80. The lowest BCUT2D eigenvalue weighted by Crippen LogP contribution is -2.36. The third kappa shape index (κ3) is 4.81. The zero-order valence-electron chi connectivity index (χ0n) is 14.3. The van der Waals surface area contributed by atoms with Gasteiger partial charge in [-0.3, -0.25) is 9.59 Å². The predicted molar refractivity (Wildman–Crippen MR) is 92.8 cm³/mol. The average molecular weight is 316 g/mol. The molecule has 4 nitrogen and oxygen atoms in total. The second kappa shape index (κ2) is 7.62. The third-order valence-corrected chi connectivity index (χ3v) is 4.96. The fourth-order valence-electron chi connectivity index (χ4n) is 3.65. The normalized spacial score (nSPS) is 24.4. The molecule has 23 heavy (non-hydrogen) atoms. The highest BCUT2D eigenvalue weighted by molar-refractivity contribution is 5.92. The van der Waals surface area contributed by atoms with Gasteiger partial charge < -0.3 is 11.1 Å². The van der Waals surface area contributed by atoms with Crippen LogP contribution in [-0.2, 0) is 16.0 Å². The summed E-state index contributed by atoms with van der Waals surface area (Å²) >= 11 is 0. The van der Waals surface area contributed by atoms with E-state index >= 15 is 0 Å². The zero-order valence-corrected chi connectivity index (χ0v) is 14.3. The van der Waals surface area contributed by atoms with E-state index in [-0.39, 0.29) is 24.2 Å². The molecule has 0 aromatic heterocycles. The highest BCUT2D eigenvalue weighted by atomic mass is 16.2. The molecular weight excluding hydrogens is 288 g/mol. The number of rotatable bonds is 5. The standard InChI is InChI=1S/C19H28N2O2/c1-12(2)16-9-4-13(3)10-17(16)19(23)21-15-7-5-14(6-8-15)11-18(20)22/h5-8,12-13,16-17H,4,9-11H2,1-3H3,(H2,20,22)(H,21,23)/t13-,16-,17-/m1/s1. The van der Waals surface area contributed by atoms with E-state index in [9.17, 15) is 9.59 Å². The Hall–Kier alpha value is -1.84. The van der Waals surface area contributed by atoms with Crippen LogP contribution in [0, 0.1) is 23.7 Å². The molecule has 1 aliphatic rings. The molecule has 0 radical (unpaired) electrons. The van der Waals surface area contributed by atoms with Crippen molar-refractivity contribution in [2.24, 2.45) is 29.4 Å². The Morgan fingerprint density at radius 2 is 1.87 bits per heavy atom. The number of anilines is 1. The molecule has 0 aliphatic heterocycles. The van der Waals surface area contributed by atoms with Gasteiger partial charge in [0.1, 0.15) is 0 Å². The van der Waals surface area contributed by atoms with Crippen LogP contribution in [0.1, 0.15) is 45.6 Å². The second-order valence-electron chi connectivity index (χ2n) is 7.26. The fraction of sp³-hybridized carbons (Fsp3) is 0.579. The van der Waals surface area contributed by atoms with Crippen molar-refractivity contribution in [3.63, 3.8) is 0 Å². The summed E-state index contributed by atoms with van der Waals surface area (Å²) in [7, 11) is 0. The number of primary amides is 1. The molecule has 0 heterocycles. The maximum Gasteiger partial charge on any atom is 0.227 e. The predicted octanol–water partition coefficient (Wildman–Crippen LogP) is 3.36. The molecule has 0 saturated heterocycles. The summed E-state index contributed by atoms with van der Waals surface area (Å²) in [6.45, 7) is 6.65. The Morgan fingerprint density at radius 3 is 2.43 bits per heavy atom. The molecule has 1 aromatic carbocycles. The number of nitrogens with two attached hydrogens (primary N) is 1. The smallest absolute Gasteiger partial charge is 0.227 e. The van der Waals surface area contributed by atoms with E-state index in [0.29, 0.717) is 17.8 Å². The first-order valence-electron chi connectivity index (χ1n) is 8.55. The molecule has 1 saturated carbocycles. The van der Waals surface area contributed by atoms with Gasteiger partial charge in [-0.25, -0.2) is 0 Å². The van der Waals surface area contributed by atoms with Gasteiger partial charge in [0.05, 0.1) is 6.42 Å². The van der Waals surface area contributed by atoms with Crippen molar-refractivity contribution >= 4 is 17.5 Å². The minimum absolute atomic E-state index is 0.0871. The number of hydrogen-bond donors (Lipinski definition) is 2. The fourth-order valence-corrected chi connectivity index (χ4v) is 3.65. The molecule has 3 atom stereocenters. The molecule has 4 heteroatoms. The van der Waals surface area contributed by atoms with Crippen LogP contribution >= 0.6 is 0 Å². The second-order valence-corrected chi connectivity index (χ2v) is 7.26. The number of hydrogen-bond acceptors (Lipinski definition) is 2. The van der Waals surface area contributed by atoms with Gasteiger partial charge in [0.2, 0.25) is 11.8 Å². The summed E-state index contributed by atoms with van der Waals surface area (Å²) < 4.78 is 0. The van der Waals surface area contributed by atoms with Crippen LogP contribution in [-0.4, -0.2) is 11.8 Å². The van der Waals surface area contributed by atoms with Crippen LogP contribution in [0.25, 0.3) is 0 Å². The van der Waals surface area contributed by atoms with Crippen LogP contribution in [0.3, 0.4) is 0 Å². The van der Waals surface area contributed by atoms with Crippen molar-refractivity contribution < 1.29 is 9.59 Å². The van der Waals surface area contributed by atoms with Gasteiger partial charge in [-0.2, -0.15) is 0 Å². The Balaban J connectivity index is 2.03. The minimum atomic E-state index is -0.349. The van der Waals surface area contributed by atoms with Crippen LogP contribution in [0.15, 0.2) is 24.3 Å². The number of carbonyl (C=O) groups excluding carboxylic acids is 2. The first kappa shape index (κ1) is 17.5. The topological polar surface area (TPSA) is 72.2 Å². The molecule has 0 bridgehead atoms. The highest BCUT2D eigenvalue weighted by Gasteiger charge is 2.35. The van der Waals surface area contributed by atoms with E-state index < -0.39 is 0 Å². The van der Waals surface area contributed by atoms with Crippen molar-refractivity contribution in [3.8, 4) is 0 Å². The van der Waals surface area contributed by atoms with Crippen molar-refractivity contribution in [1.82, 2.24) is 0 Å². The van der Waals surface area contributed by atoms with Gasteiger partial charge in [0.25, 0.3) is 0 Å². The maximum absolute atomic E-state index is 12.7. The van der Waals surface area contributed by atoms with E-state index in [1.807, 2.05) is 24.3 Å². The van der Waals surface area contributed by atoms with E-state index in [1.54, 1.807) is 0 Å². The van der Waals surface area contributed by atoms with Crippen LogP contribution in [0.4, 0.5) is 5.69 Å². The molecule has 126 valence electrons. The lowest BCUT2D eigenvalue weighted by molar-refractivity contribution is -0.124. The maximum atomic E-state index is 12.7. The molecule has 2 rings (SSSR count). The molecule has 3 N–H and O–H groups in total. The van der Waals surface area contributed by atoms with E-state index in [1.165, 1.54) is 6.42 Å². The molecule has 2 amide bonds. The first-order chi connectivity index (χ1) is 10.9. The third-order valence-electron chi connectivity index (χ3n) is 4.96. The number of benzene rings is 1. The van der Waals surface area contributed by atoms with Crippen molar-refractivity contribution in [3.05, 3.63) is 29.8 Å². The van der Waals surface area contributed by atoms with Gasteiger partial charge in [0, 0.05) is 11.6 Å². The molecular formula is C19H28N2O2. The van der Waals surface area contributed by atoms with Gasteiger partial charge in [-0.1, -0.05) is 39.3 Å². The van der Waals surface area contributed by atoms with Crippen molar-refractivity contribution in [1.29, 1.82) is 0 Å². The Labute approximate surface area is 138 Å². The SMILES string of the molecule is CC(C)[C@H]1CC[C@@H](C)C[C@H]1C(=O)Nc1ccc(CC(N)=O)cc1.